The lowest BCUT2D eigenvalue weighted by Crippen LogP contribution is -2.24. The Hall–Kier alpha value is -3.74. The van der Waals surface area contributed by atoms with Crippen LogP contribution in [-0.4, -0.2) is 45.2 Å². The Bertz CT molecular complexity index is 1030. The van der Waals surface area contributed by atoms with Gasteiger partial charge >= 0.3 is 5.97 Å². The lowest BCUT2D eigenvalue weighted by atomic mass is 10.0. The van der Waals surface area contributed by atoms with Crippen LogP contribution < -0.4 is 14.2 Å². The minimum atomic E-state index is -0.569. The molecule has 7 heteroatoms. The Kier molecular flexibility index (Phi) is 6.65. The molecule has 0 atom stereocenters. The number of amides is 1. The minimum absolute atomic E-state index is 0.234. The van der Waals surface area contributed by atoms with E-state index in [0.717, 1.165) is 5.56 Å². The van der Waals surface area contributed by atoms with Gasteiger partial charge < -0.3 is 23.8 Å². The summed E-state index contributed by atoms with van der Waals surface area (Å²) >= 11 is 0. The average Bonchev–Trinajstić information content (AvgIpc) is 3.02. The van der Waals surface area contributed by atoms with Crippen LogP contribution in [0.15, 0.2) is 59.3 Å². The van der Waals surface area contributed by atoms with Gasteiger partial charge in [0.2, 0.25) is 5.75 Å². The highest BCUT2D eigenvalue weighted by Gasteiger charge is 2.37. The molecule has 31 heavy (non-hydrogen) atoms. The molecule has 2 aromatic rings. The first-order valence-electron chi connectivity index (χ1n) is 9.62. The predicted octanol–water partition coefficient (Wildman–Crippen LogP) is 3.59. The number of carbonyl (C=O) groups is 2. The van der Waals surface area contributed by atoms with E-state index < -0.39 is 5.97 Å². The van der Waals surface area contributed by atoms with Crippen LogP contribution in [0.2, 0.25) is 0 Å². The average molecular weight is 423 g/mol. The van der Waals surface area contributed by atoms with Gasteiger partial charge in [0.05, 0.1) is 46.1 Å². The van der Waals surface area contributed by atoms with Crippen molar-refractivity contribution in [1.29, 1.82) is 0 Å². The molecule has 7 nitrogen and oxygen atoms in total. The van der Waals surface area contributed by atoms with Crippen LogP contribution in [0, 0.1) is 0 Å². The summed E-state index contributed by atoms with van der Waals surface area (Å²) in [6.45, 7) is 2.09. The van der Waals surface area contributed by atoms with Gasteiger partial charge in [-0.1, -0.05) is 30.3 Å². The summed E-state index contributed by atoms with van der Waals surface area (Å²) in [7, 11) is 5.84. The van der Waals surface area contributed by atoms with Gasteiger partial charge in [-0.25, -0.2) is 4.79 Å². The van der Waals surface area contributed by atoms with Crippen molar-refractivity contribution in [2.45, 2.75) is 13.5 Å². The van der Waals surface area contributed by atoms with E-state index in [-0.39, 0.29) is 17.1 Å². The Labute approximate surface area is 181 Å². The lowest BCUT2D eigenvalue weighted by molar-refractivity contribution is -0.136. The number of ether oxygens (including phenoxy) is 4. The molecule has 0 saturated carbocycles. The van der Waals surface area contributed by atoms with Crippen molar-refractivity contribution in [3.05, 3.63) is 70.4 Å². The quantitative estimate of drug-likeness (QED) is 0.501. The third kappa shape index (κ3) is 4.26. The third-order valence-corrected chi connectivity index (χ3v) is 5.08. The van der Waals surface area contributed by atoms with Crippen molar-refractivity contribution in [3.63, 3.8) is 0 Å². The van der Waals surface area contributed by atoms with Crippen LogP contribution in [0.1, 0.15) is 18.1 Å². The fourth-order valence-electron chi connectivity index (χ4n) is 3.54. The van der Waals surface area contributed by atoms with Crippen molar-refractivity contribution < 1.29 is 28.5 Å². The van der Waals surface area contributed by atoms with Gasteiger partial charge in [-0.15, -0.1) is 0 Å². The molecular formula is C24H25NO6. The number of allylic oxidation sites excluding steroid dienone is 1. The number of methoxy groups -OCH3 is 4. The number of rotatable bonds is 7. The molecule has 0 radical (unpaired) electrons. The summed E-state index contributed by atoms with van der Waals surface area (Å²) in [5.41, 5.74) is 2.59. The molecule has 0 N–H and O–H groups in total. The molecule has 1 aliphatic rings. The van der Waals surface area contributed by atoms with Crippen molar-refractivity contribution in [1.82, 2.24) is 4.90 Å². The Morgan fingerprint density at radius 1 is 0.968 bits per heavy atom. The summed E-state index contributed by atoms with van der Waals surface area (Å²) in [5.74, 6) is 0.479. The fraction of sp³-hybridized carbons (Fsp3) is 0.250. The normalized spacial score (nSPS) is 14.8. The zero-order chi connectivity index (χ0) is 22.5. The number of nitrogens with zero attached hydrogens (tertiary/aromatic N) is 1. The Morgan fingerprint density at radius 2 is 1.58 bits per heavy atom. The molecule has 3 rings (SSSR count). The second kappa shape index (κ2) is 9.38. The van der Waals surface area contributed by atoms with Gasteiger partial charge in [-0.2, -0.15) is 0 Å². The first kappa shape index (κ1) is 22.0. The van der Waals surface area contributed by atoms with Crippen LogP contribution >= 0.6 is 0 Å². The highest BCUT2D eigenvalue weighted by atomic mass is 16.5. The number of hydrogen-bond donors (Lipinski definition) is 0. The first-order chi connectivity index (χ1) is 14.9. The Morgan fingerprint density at radius 3 is 2.10 bits per heavy atom. The highest BCUT2D eigenvalue weighted by Crippen LogP contribution is 2.40. The molecule has 0 aliphatic carbocycles. The van der Waals surface area contributed by atoms with E-state index in [4.69, 9.17) is 18.9 Å². The zero-order valence-electron chi connectivity index (χ0n) is 18.2. The number of carbonyl (C=O) groups excluding carboxylic acids is 2. The highest BCUT2D eigenvalue weighted by molar-refractivity contribution is 6.16. The lowest BCUT2D eigenvalue weighted by Gasteiger charge is -2.18. The fourth-order valence-corrected chi connectivity index (χ4v) is 3.54. The predicted molar refractivity (Wildman–Crippen MR) is 116 cm³/mol. The molecule has 0 aromatic heterocycles. The number of benzene rings is 2. The van der Waals surface area contributed by atoms with Crippen LogP contribution in [0.25, 0.3) is 6.08 Å². The molecule has 0 bridgehead atoms. The SMILES string of the molecule is COC(=O)C1=C(C)N(Cc2ccccc2)C(=O)/C1=C\c1cc(OC)c(OC)c(OC)c1. The van der Waals surface area contributed by atoms with Gasteiger partial charge in [0.15, 0.2) is 11.5 Å². The second-order valence-corrected chi connectivity index (χ2v) is 6.85. The molecule has 0 saturated heterocycles. The van der Waals surface area contributed by atoms with E-state index in [9.17, 15) is 9.59 Å². The van der Waals surface area contributed by atoms with Gasteiger partial charge in [0.1, 0.15) is 0 Å². The maximum absolute atomic E-state index is 13.3. The molecule has 0 fully saturated rings. The van der Waals surface area contributed by atoms with Crippen LogP contribution in [0.3, 0.4) is 0 Å². The summed E-state index contributed by atoms with van der Waals surface area (Å²) in [6.07, 6.45) is 1.63. The van der Waals surface area contributed by atoms with Crippen molar-refractivity contribution in [2.24, 2.45) is 0 Å². The van der Waals surface area contributed by atoms with E-state index in [1.54, 1.807) is 30.0 Å². The third-order valence-electron chi connectivity index (χ3n) is 5.08. The largest absolute Gasteiger partial charge is 0.493 e. The van der Waals surface area contributed by atoms with Crippen LogP contribution in [-0.2, 0) is 20.9 Å². The molecule has 1 amide bonds. The maximum Gasteiger partial charge on any atom is 0.340 e. The van der Waals surface area contributed by atoms with Crippen LogP contribution in [0.5, 0.6) is 17.2 Å². The molecule has 1 aliphatic heterocycles. The van der Waals surface area contributed by atoms with E-state index in [0.29, 0.717) is 35.1 Å². The topological polar surface area (TPSA) is 74.3 Å². The Balaban J connectivity index is 2.09. The molecular weight excluding hydrogens is 398 g/mol. The molecule has 0 spiro atoms. The van der Waals surface area contributed by atoms with Gasteiger partial charge in [-0.05, 0) is 36.3 Å². The van der Waals surface area contributed by atoms with Gasteiger partial charge in [0, 0.05) is 5.70 Å². The van der Waals surface area contributed by atoms with Crippen molar-refractivity contribution in [2.75, 3.05) is 28.4 Å². The van der Waals surface area contributed by atoms with E-state index in [1.165, 1.54) is 28.4 Å². The number of hydrogen-bond acceptors (Lipinski definition) is 6. The van der Waals surface area contributed by atoms with E-state index >= 15 is 0 Å². The molecule has 162 valence electrons. The monoisotopic (exact) mass is 423 g/mol. The summed E-state index contributed by atoms with van der Waals surface area (Å²) in [5, 5.41) is 0. The standard InChI is InChI=1S/C24H25NO6/c1-15-21(24(27)31-5)18(23(26)25(15)14-16-9-7-6-8-10-16)11-17-12-19(28-2)22(30-4)20(13-17)29-3/h6-13H,14H2,1-5H3/b18-11-. The number of esters is 1. The zero-order valence-corrected chi connectivity index (χ0v) is 18.2. The maximum atomic E-state index is 13.3. The second-order valence-electron chi connectivity index (χ2n) is 6.85. The van der Waals surface area contributed by atoms with Gasteiger partial charge in [0.25, 0.3) is 5.91 Å². The summed E-state index contributed by atoms with van der Waals surface area (Å²) in [6, 6.07) is 13.0. The minimum Gasteiger partial charge on any atom is -0.493 e. The van der Waals surface area contributed by atoms with E-state index in [2.05, 4.69) is 0 Å². The smallest absolute Gasteiger partial charge is 0.340 e. The molecule has 0 unspecified atom stereocenters. The van der Waals surface area contributed by atoms with Crippen LogP contribution in [0.4, 0.5) is 0 Å². The first-order valence-corrected chi connectivity index (χ1v) is 9.62. The molecule has 2 aromatic carbocycles. The summed E-state index contributed by atoms with van der Waals surface area (Å²) in [4.78, 5) is 27.4. The van der Waals surface area contributed by atoms with E-state index in [1.807, 2.05) is 30.3 Å². The van der Waals surface area contributed by atoms with Gasteiger partial charge in [-0.3, -0.25) is 4.79 Å². The van der Waals surface area contributed by atoms with Crippen molar-refractivity contribution >= 4 is 18.0 Å². The molecule has 1 heterocycles. The van der Waals surface area contributed by atoms with Crippen molar-refractivity contribution in [3.8, 4) is 17.2 Å². The summed E-state index contributed by atoms with van der Waals surface area (Å²) < 4.78 is 21.1.